The molecule has 3 aliphatic rings. The molecule has 3 fully saturated rings. The quantitative estimate of drug-likeness (QED) is 0.449. The summed E-state index contributed by atoms with van der Waals surface area (Å²) in [7, 11) is 0. The Morgan fingerprint density at radius 2 is 1.76 bits per heavy atom. The van der Waals surface area contributed by atoms with Crippen LogP contribution in [0.4, 0.5) is 0 Å². The first-order chi connectivity index (χ1) is 9.81. The van der Waals surface area contributed by atoms with Gasteiger partial charge in [0, 0.05) is 4.91 Å². The van der Waals surface area contributed by atoms with Gasteiger partial charge in [-0.05, 0) is 33.2 Å². The van der Waals surface area contributed by atoms with Crippen LogP contribution in [0.15, 0.2) is 5.11 Å². The van der Waals surface area contributed by atoms with Gasteiger partial charge in [-0.2, -0.15) is 0 Å². The van der Waals surface area contributed by atoms with E-state index in [1.807, 2.05) is 27.7 Å². The highest BCUT2D eigenvalue weighted by Crippen LogP contribution is 2.42. The predicted molar refractivity (Wildman–Crippen MR) is 71.4 cm³/mol. The van der Waals surface area contributed by atoms with Crippen molar-refractivity contribution in [3.8, 4) is 0 Å². The van der Waals surface area contributed by atoms with Crippen molar-refractivity contribution in [1.82, 2.24) is 0 Å². The fourth-order valence-electron chi connectivity index (χ4n) is 3.16. The number of rotatable bonds is 3. The highest BCUT2D eigenvalue weighted by molar-refractivity contribution is 5.02. The Morgan fingerprint density at radius 3 is 2.38 bits per heavy atom. The number of hydrogen-bond acceptors (Lipinski definition) is 6. The van der Waals surface area contributed by atoms with Crippen LogP contribution in [0.25, 0.3) is 10.4 Å². The maximum absolute atomic E-state index is 8.50. The van der Waals surface area contributed by atoms with E-state index in [9.17, 15) is 0 Å². The minimum Gasteiger partial charge on any atom is -0.366 e. The Morgan fingerprint density at radius 1 is 1.05 bits per heavy atom. The molecule has 8 heteroatoms. The molecule has 0 aromatic carbocycles. The van der Waals surface area contributed by atoms with Crippen LogP contribution in [-0.2, 0) is 23.7 Å². The second kappa shape index (κ2) is 5.08. The predicted octanol–water partition coefficient (Wildman–Crippen LogP) is 1.74. The van der Waals surface area contributed by atoms with Crippen molar-refractivity contribution in [2.75, 3.05) is 13.2 Å². The van der Waals surface area contributed by atoms with Crippen molar-refractivity contribution in [2.45, 2.75) is 69.8 Å². The summed E-state index contributed by atoms with van der Waals surface area (Å²) in [6.45, 7) is 8.12. The van der Waals surface area contributed by atoms with Gasteiger partial charge in [0.15, 0.2) is 11.6 Å². The number of nitrogens with zero attached hydrogens (tertiary/aromatic N) is 3. The van der Waals surface area contributed by atoms with Gasteiger partial charge >= 0.3 is 0 Å². The van der Waals surface area contributed by atoms with Gasteiger partial charge in [-0.15, -0.1) is 0 Å². The number of ether oxygens (including phenoxy) is 5. The number of hydrogen-bond donors (Lipinski definition) is 0. The molecule has 8 nitrogen and oxygen atoms in total. The van der Waals surface area contributed by atoms with E-state index >= 15 is 0 Å². The Hall–Kier alpha value is -0.890. The zero-order valence-corrected chi connectivity index (χ0v) is 12.7. The fraction of sp³-hybridized carbons (Fsp3) is 1.00. The molecule has 3 saturated heterocycles. The molecule has 0 aliphatic carbocycles. The summed E-state index contributed by atoms with van der Waals surface area (Å²) in [4.78, 5) is 2.79. The van der Waals surface area contributed by atoms with Crippen LogP contribution in [0.2, 0.25) is 0 Å². The SMILES string of the molecule is CC1(C)OCC([C@H]2O[C@H](CN=[N+]=[N-])[C@H]3OC(C)(C)O[C@H]32)O1. The molecule has 3 heterocycles. The molecule has 118 valence electrons. The summed E-state index contributed by atoms with van der Waals surface area (Å²) in [6, 6.07) is 0. The molecule has 3 aliphatic heterocycles. The molecule has 0 spiro atoms. The lowest BCUT2D eigenvalue weighted by Crippen LogP contribution is -2.40. The minimum atomic E-state index is -0.680. The van der Waals surface area contributed by atoms with E-state index in [0.29, 0.717) is 6.61 Å². The summed E-state index contributed by atoms with van der Waals surface area (Å²) >= 11 is 0. The Kier molecular flexibility index (Phi) is 3.64. The van der Waals surface area contributed by atoms with Crippen molar-refractivity contribution >= 4 is 0 Å². The van der Waals surface area contributed by atoms with E-state index in [0.717, 1.165) is 0 Å². The first-order valence-corrected chi connectivity index (χ1v) is 7.15. The molecule has 0 saturated carbocycles. The average molecular weight is 299 g/mol. The normalized spacial score (nSPS) is 43.5. The molecule has 5 atom stereocenters. The maximum atomic E-state index is 8.50. The van der Waals surface area contributed by atoms with Crippen molar-refractivity contribution in [3.63, 3.8) is 0 Å². The van der Waals surface area contributed by atoms with Crippen LogP contribution in [-0.4, -0.2) is 55.2 Å². The van der Waals surface area contributed by atoms with Crippen LogP contribution >= 0.6 is 0 Å². The summed E-state index contributed by atoms with van der Waals surface area (Å²) in [6.07, 6.45) is -1.35. The van der Waals surface area contributed by atoms with Gasteiger partial charge in [-0.1, -0.05) is 5.11 Å². The summed E-state index contributed by atoms with van der Waals surface area (Å²) in [5.41, 5.74) is 8.50. The summed E-state index contributed by atoms with van der Waals surface area (Å²) in [5, 5.41) is 3.60. The van der Waals surface area contributed by atoms with Gasteiger partial charge in [-0.3, -0.25) is 0 Å². The standard InChI is InChI=1S/C13H21N3O5/c1-12(2)17-6-8(19-12)9-11-10(20-13(3,4)21-11)7(18-9)5-15-16-14/h7-11H,5-6H2,1-4H3/t7-,8?,9-,10-,11+/m1/s1. The zero-order chi connectivity index (χ0) is 15.3. The van der Waals surface area contributed by atoms with E-state index in [1.165, 1.54) is 0 Å². The molecule has 0 N–H and O–H groups in total. The van der Waals surface area contributed by atoms with Crippen LogP contribution in [0.1, 0.15) is 27.7 Å². The van der Waals surface area contributed by atoms with Crippen LogP contribution in [0.5, 0.6) is 0 Å². The van der Waals surface area contributed by atoms with Gasteiger partial charge in [-0.25, -0.2) is 0 Å². The smallest absolute Gasteiger partial charge is 0.164 e. The monoisotopic (exact) mass is 299 g/mol. The fourth-order valence-corrected chi connectivity index (χ4v) is 3.16. The summed E-state index contributed by atoms with van der Waals surface area (Å²) < 4.78 is 29.3. The summed E-state index contributed by atoms with van der Waals surface area (Å²) in [5.74, 6) is -1.30. The van der Waals surface area contributed by atoms with Crippen molar-refractivity contribution in [2.24, 2.45) is 5.11 Å². The number of fused-ring (bicyclic) bond motifs is 1. The van der Waals surface area contributed by atoms with Crippen molar-refractivity contribution < 1.29 is 23.7 Å². The lowest BCUT2D eigenvalue weighted by atomic mass is 10.0. The third-order valence-electron chi connectivity index (χ3n) is 3.91. The lowest BCUT2D eigenvalue weighted by Gasteiger charge is -2.26. The largest absolute Gasteiger partial charge is 0.366 e. The first-order valence-electron chi connectivity index (χ1n) is 7.15. The van der Waals surface area contributed by atoms with Gasteiger partial charge in [0.05, 0.1) is 19.3 Å². The van der Waals surface area contributed by atoms with Crippen LogP contribution in [0.3, 0.4) is 0 Å². The molecule has 0 radical (unpaired) electrons. The average Bonchev–Trinajstić information content (AvgIpc) is 2.98. The molecule has 21 heavy (non-hydrogen) atoms. The molecule has 0 aromatic heterocycles. The highest BCUT2D eigenvalue weighted by atomic mass is 16.8. The Bertz CT molecular complexity index is 463. The molecule has 1 unspecified atom stereocenters. The topological polar surface area (TPSA) is 94.9 Å². The van der Waals surface area contributed by atoms with E-state index in [-0.39, 0.29) is 37.1 Å². The molecule has 3 rings (SSSR count). The third-order valence-corrected chi connectivity index (χ3v) is 3.91. The van der Waals surface area contributed by atoms with E-state index in [4.69, 9.17) is 29.2 Å². The second-order valence-electron chi connectivity index (χ2n) is 6.48. The van der Waals surface area contributed by atoms with E-state index in [1.54, 1.807) is 0 Å². The van der Waals surface area contributed by atoms with E-state index in [2.05, 4.69) is 10.0 Å². The van der Waals surface area contributed by atoms with Crippen molar-refractivity contribution in [1.29, 1.82) is 0 Å². The van der Waals surface area contributed by atoms with Crippen molar-refractivity contribution in [3.05, 3.63) is 10.4 Å². The molecule has 0 aromatic rings. The Labute approximate surface area is 123 Å². The molecular weight excluding hydrogens is 278 g/mol. The third kappa shape index (κ3) is 2.88. The van der Waals surface area contributed by atoms with Gasteiger partial charge < -0.3 is 23.7 Å². The van der Waals surface area contributed by atoms with Gasteiger partial charge in [0.25, 0.3) is 0 Å². The van der Waals surface area contributed by atoms with Gasteiger partial charge in [0.2, 0.25) is 0 Å². The van der Waals surface area contributed by atoms with Crippen LogP contribution < -0.4 is 0 Å². The Balaban J connectivity index is 1.77. The molecule has 0 bridgehead atoms. The highest BCUT2D eigenvalue weighted by Gasteiger charge is 2.58. The van der Waals surface area contributed by atoms with Crippen LogP contribution in [0, 0.1) is 0 Å². The zero-order valence-electron chi connectivity index (χ0n) is 12.7. The van der Waals surface area contributed by atoms with Gasteiger partial charge in [0.1, 0.15) is 24.4 Å². The minimum absolute atomic E-state index is 0.213. The lowest BCUT2D eigenvalue weighted by molar-refractivity contribution is -0.205. The molecular formula is C13H21N3O5. The number of azide groups is 1. The molecule has 0 amide bonds. The first kappa shape index (κ1) is 15.0. The second-order valence-corrected chi connectivity index (χ2v) is 6.48. The van der Waals surface area contributed by atoms with E-state index < -0.39 is 11.6 Å². The maximum Gasteiger partial charge on any atom is 0.164 e.